The molecule has 26 heavy (non-hydrogen) atoms. The first-order valence-corrected chi connectivity index (χ1v) is 8.34. The van der Waals surface area contributed by atoms with E-state index in [1.165, 1.54) is 19.3 Å². The molecule has 0 atom stereocenters. The summed E-state index contributed by atoms with van der Waals surface area (Å²) >= 11 is 0. The van der Waals surface area contributed by atoms with Crippen molar-refractivity contribution >= 4 is 11.9 Å². The van der Waals surface area contributed by atoms with E-state index in [4.69, 9.17) is 4.74 Å². The summed E-state index contributed by atoms with van der Waals surface area (Å²) in [6.07, 6.45) is 3.07. The zero-order valence-electron chi connectivity index (χ0n) is 15.0. The number of aromatic nitrogens is 2. The van der Waals surface area contributed by atoms with Crippen molar-refractivity contribution in [3.05, 3.63) is 77.7 Å². The molecule has 1 N–H and O–H groups in total. The molecule has 0 aliphatic heterocycles. The molecule has 1 aromatic heterocycles. The Morgan fingerprint density at radius 1 is 1.12 bits per heavy atom. The van der Waals surface area contributed by atoms with Crippen LogP contribution in [0.15, 0.2) is 60.7 Å². The highest BCUT2D eigenvalue weighted by molar-refractivity contribution is 6.06. The fraction of sp³-hybridized carbons (Fsp3) is 0.143. The predicted octanol–water partition coefficient (Wildman–Crippen LogP) is 5.15. The third-order valence-corrected chi connectivity index (χ3v) is 3.52. The van der Waals surface area contributed by atoms with E-state index in [0.717, 1.165) is 0 Å². The SMILES string of the molecule is CC.COc1ccc(-c2cc(/C=C/C(=O)c3ccccc3)[nH]n2)c(F)c1. The van der Waals surface area contributed by atoms with Gasteiger partial charge in [-0.25, -0.2) is 4.39 Å². The smallest absolute Gasteiger partial charge is 0.185 e. The first kappa shape index (κ1) is 19.1. The number of nitrogens with zero attached hydrogens (tertiary/aromatic N) is 1. The topological polar surface area (TPSA) is 55.0 Å². The van der Waals surface area contributed by atoms with Crippen LogP contribution in [0.2, 0.25) is 0 Å². The van der Waals surface area contributed by atoms with Crippen molar-refractivity contribution in [1.82, 2.24) is 10.2 Å². The molecule has 4 nitrogen and oxygen atoms in total. The van der Waals surface area contributed by atoms with Gasteiger partial charge in [-0.2, -0.15) is 5.10 Å². The fourth-order valence-corrected chi connectivity index (χ4v) is 2.25. The molecule has 5 heteroatoms. The maximum absolute atomic E-state index is 14.1. The Kier molecular flexibility index (Phi) is 6.85. The van der Waals surface area contributed by atoms with E-state index in [2.05, 4.69) is 10.2 Å². The Morgan fingerprint density at radius 3 is 2.50 bits per heavy atom. The number of aromatic amines is 1. The Morgan fingerprint density at radius 2 is 1.85 bits per heavy atom. The van der Waals surface area contributed by atoms with E-state index in [1.807, 2.05) is 32.0 Å². The molecule has 0 unspecified atom stereocenters. The van der Waals surface area contributed by atoms with E-state index in [9.17, 15) is 9.18 Å². The largest absolute Gasteiger partial charge is 0.497 e. The van der Waals surface area contributed by atoms with Crippen LogP contribution in [-0.2, 0) is 0 Å². The first-order valence-electron chi connectivity index (χ1n) is 8.34. The van der Waals surface area contributed by atoms with Gasteiger partial charge in [0.15, 0.2) is 5.78 Å². The second kappa shape index (κ2) is 9.32. The minimum Gasteiger partial charge on any atom is -0.497 e. The highest BCUT2D eigenvalue weighted by atomic mass is 19.1. The second-order valence-electron chi connectivity index (χ2n) is 5.12. The lowest BCUT2D eigenvalue weighted by Crippen LogP contribution is -1.92. The Labute approximate surface area is 152 Å². The van der Waals surface area contributed by atoms with Crippen LogP contribution in [-0.4, -0.2) is 23.1 Å². The van der Waals surface area contributed by atoms with Crippen molar-refractivity contribution in [1.29, 1.82) is 0 Å². The van der Waals surface area contributed by atoms with Gasteiger partial charge in [0.2, 0.25) is 0 Å². The van der Waals surface area contributed by atoms with Gasteiger partial charge in [0, 0.05) is 17.2 Å². The van der Waals surface area contributed by atoms with Crippen LogP contribution in [0.4, 0.5) is 4.39 Å². The number of carbonyl (C=O) groups is 1. The molecule has 0 amide bonds. The summed E-state index contributed by atoms with van der Waals surface area (Å²) in [5, 5.41) is 6.87. The number of hydrogen-bond donors (Lipinski definition) is 1. The van der Waals surface area contributed by atoms with Gasteiger partial charge in [-0.15, -0.1) is 0 Å². The molecule has 0 saturated carbocycles. The number of nitrogens with one attached hydrogen (secondary N) is 1. The van der Waals surface area contributed by atoms with Gasteiger partial charge in [-0.05, 0) is 30.4 Å². The summed E-state index contributed by atoms with van der Waals surface area (Å²) in [7, 11) is 1.48. The van der Waals surface area contributed by atoms with Gasteiger partial charge in [0.1, 0.15) is 11.6 Å². The molecule has 0 aliphatic carbocycles. The lowest BCUT2D eigenvalue weighted by molar-refractivity contribution is 0.104. The van der Waals surface area contributed by atoms with Crippen molar-refractivity contribution in [2.24, 2.45) is 0 Å². The number of carbonyl (C=O) groups excluding carboxylic acids is 1. The summed E-state index contributed by atoms with van der Waals surface area (Å²) in [5.74, 6) is -0.0838. The van der Waals surface area contributed by atoms with E-state index in [1.54, 1.807) is 36.4 Å². The van der Waals surface area contributed by atoms with Crippen LogP contribution in [0.5, 0.6) is 5.75 Å². The minimum atomic E-state index is -0.420. The quantitative estimate of drug-likeness (QED) is 0.510. The van der Waals surface area contributed by atoms with E-state index in [-0.39, 0.29) is 5.78 Å². The molecule has 0 radical (unpaired) electrons. The number of ether oxygens (including phenoxy) is 1. The molecular formula is C21H21FN2O2. The number of hydrogen-bond acceptors (Lipinski definition) is 3. The molecule has 0 saturated heterocycles. The van der Waals surface area contributed by atoms with Crippen LogP contribution in [0.1, 0.15) is 29.9 Å². The van der Waals surface area contributed by atoms with Crippen LogP contribution >= 0.6 is 0 Å². The number of ketones is 1. The predicted molar refractivity (Wildman–Crippen MR) is 102 cm³/mol. The van der Waals surface area contributed by atoms with E-state index < -0.39 is 5.82 Å². The lowest BCUT2D eigenvalue weighted by atomic mass is 10.1. The van der Waals surface area contributed by atoms with Crippen molar-refractivity contribution in [2.75, 3.05) is 7.11 Å². The average molecular weight is 352 g/mol. The van der Waals surface area contributed by atoms with Gasteiger partial charge >= 0.3 is 0 Å². The zero-order chi connectivity index (χ0) is 18.9. The van der Waals surface area contributed by atoms with Crippen molar-refractivity contribution in [2.45, 2.75) is 13.8 Å². The van der Waals surface area contributed by atoms with Gasteiger partial charge < -0.3 is 4.74 Å². The highest BCUT2D eigenvalue weighted by Crippen LogP contribution is 2.25. The first-order chi connectivity index (χ1) is 12.7. The van der Waals surface area contributed by atoms with Gasteiger partial charge in [0.25, 0.3) is 0 Å². The number of H-pyrrole nitrogens is 1. The molecule has 2 aromatic carbocycles. The highest BCUT2D eigenvalue weighted by Gasteiger charge is 2.10. The van der Waals surface area contributed by atoms with Crippen LogP contribution in [0, 0.1) is 5.82 Å². The standard InChI is InChI=1S/C19H15FN2O2.C2H6/c1-24-15-8-9-16(17(20)12-15)18-11-14(21-22-18)7-10-19(23)13-5-3-2-4-6-13;1-2/h2-12H,1H3,(H,21,22);1-2H3/b10-7+;. The molecule has 3 rings (SSSR count). The molecule has 0 aliphatic rings. The summed E-state index contributed by atoms with van der Waals surface area (Å²) < 4.78 is 19.0. The third-order valence-electron chi connectivity index (χ3n) is 3.52. The summed E-state index contributed by atoms with van der Waals surface area (Å²) in [5.41, 5.74) is 2.04. The summed E-state index contributed by atoms with van der Waals surface area (Å²) in [6.45, 7) is 4.00. The second-order valence-corrected chi connectivity index (χ2v) is 5.12. The number of halogens is 1. The molecular weight excluding hydrogens is 331 g/mol. The normalized spacial score (nSPS) is 10.3. The number of methoxy groups -OCH3 is 1. The number of benzene rings is 2. The fourth-order valence-electron chi connectivity index (χ4n) is 2.25. The molecule has 134 valence electrons. The van der Waals surface area contributed by atoms with Crippen molar-refractivity contribution in [3.63, 3.8) is 0 Å². The molecule has 0 spiro atoms. The summed E-state index contributed by atoms with van der Waals surface area (Å²) in [6, 6.07) is 15.2. The van der Waals surface area contributed by atoms with E-state index in [0.29, 0.717) is 28.3 Å². The van der Waals surface area contributed by atoms with Crippen LogP contribution < -0.4 is 4.74 Å². The van der Waals surface area contributed by atoms with Gasteiger partial charge in [0.05, 0.1) is 18.5 Å². The van der Waals surface area contributed by atoms with Crippen LogP contribution in [0.3, 0.4) is 0 Å². The van der Waals surface area contributed by atoms with E-state index >= 15 is 0 Å². The Bertz CT molecular complexity index is 886. The Hall–Kier alpha value is -3.21. The third kappa shape index (κ3) is 4.66. The maximum atomic E-state index is 14.1. The van der Waals surface area contributed by atoms with Crippen LogP contribution in [0.25, 0.3) is 17.3 Å². The minimum absolute atomic E-state index is 0.109. The molecule has 1 heterocycles. The average Bonchev–Trinajstić information content (AvgIpc) is 3.17. The molecule has 0 bridgehead atoms. The molecule has 0 fully saturated rings. The van der Waals surface area contributed by atoms with Crippen molar-refractivity contribution in [3.8, 4) is 17.0 Å². The molecule has 3 aromatic rings. The van der Waals surface area contributed by atoms with Gasteiger partial charge in [-0.1, -0.05) is 44.2 Å². The lowest BCUT2D eigenvalue weighted by Gasteiger charge is -2.02. The van der Waals surface area contributed by atoms with Crippen molar-refractivity contribution < 1.29 is 13.9 Å². The maximum Gasteiger partial charge on any atom is 0.185 e. The zero-order valence-corrected chi connectivity index (χ0v) is 15.0. The Balaban J connectivity index is 0.00000117. The number of allylic oxidation sites excluding steroid dienone is 1. The summed E-state index contributed by atoms with van der Waals surface area (Å²) in [4.78, 5) is 12.0. The monoisotopic (exact) mass is 352 g/mol. The number of rotatable bonds is 5. The van der Waals surface area contributed by atoms with Gasteiger partial charge in [-0.3, -0.25) is 9.89 Å².